The largest absolute Gasteiger partial charge is 0.491 e. The van der Waals surface area contributed by atoms with Gasteiger partial charge in [0.2, 0.25) is 16.8 Å². The number of aliphatic hydroxyl groups excluding tert-OH is 1. The van der Waals surface area contributed by atoms with Crippen LogP contribution in [-0.4, -0.2) is 62.9 Å². The van der Waals surface area contributed by atoms with E-state index in [0.29, 0.717) is 41.8 Å². The third kappa shape index (κ3) is 5.58. The van der Waals surface area contributed by atoms with E-state index in [0.717, 1.165) is 12.8 Å². The van der Waals surface area contributed by atoms with Gasteiger partial charge in [-0.3, -0.25) is 4.79 Å². The predicted molar refractivity (Wildman–Crippen MR) is 120 cm³/mol. The van der Waals surface area contributed by atoms with Gasteiger partial charge < -0.3 is 24.6 Å². The molecule has 4 rings (SSSR count). The van der Waals surface area contributed by atoms with Crippen molar-refractivity contribution in [2.24, 2.45) is 5.92 Å². The van der Waals surface area contributed by atoms with E-state index in [1.54, 1.807) is 18.2 Å². The van der Waals surface area contributed by atoms with Gasteiger partial charge in [-0.2, -0.15) is 4.31 Å². The van der Waals surface area contributed by atoms with Crippen LogP contribution in [0.25, 0.3) is 0 Å². The molecule has 0 radical (unpaired) electrons. The lowest BCUT2D eigenvalue weighted by Gasteiger charge is -2.29. The number of nitrogens with one attached hydrogen (secondary N) is 1. The number of ether oxygens (including phenoxy) is 3. The fraction of sp³-hybridized carbons (Fsp3) is 0.435. The molecule has 2 aromatic rings. The summed E-state index contributed by atoms with van der Waals surface area (Å²) in [4.78, 5) is 12.6. The molecule has 1 fully saturated rings. The summed E-state index contributed by atoms with van der Waals surface area (Å²) in [5.74, 6) is 1.85. The van der Waals surface area contributed by atoms with E-state index < -0.39 is 22.0 Å². The average molecular weight is 477 g/mol. The summed E-state index contributed by atoms with van der Waals surface area (Å²) in [6, 6.07) is 10.9. The first-order chi connectivity index (χ1) is 15.8. The van der Waals surface area contributed by atoms with Gasteiger partial charge in [0.05, 0.1) is 4.90 Å². The second-order valence-corrected chi connectivity index (χ2v) is 10.2. The number of piperidine rings is 1. The van der Waals surface area contributed by atoms with Crippen LogP contribution in [0.4, 0.5) is 0 Å². The molecule has 0 aliphatic carbocycles. The molecule has 2 heterocycles. The van der Waals surface area contributed by atoms with E-state index in [2.05, 4.69) is 12.2 Å². The van der Waals surface area contributed by atoms with Crippen LogP contribution in [0, 0.1) is 5.92 Å². The highest BCUT2D eigenvalue weighted by Crippen LogP contribution is 2.35. The third-order valence-corrected chi connectivity index (χ3v) is 7.69. The molecule has 1 amide bonds. The summed E-state index contributed by atoms with van der Waals surface area (Å²) >= 11 is 0. The number of amides is 1. The summed E-state index contributed by atoms with van der Waals surface area (Å²) < 4.78 is 43.2. The van der Waals surface area contributed by atoms with Gasteiger partial charge in [0.25, 0.3) is 5.91 Å². The Labute approximate surface area is 193 Å². The highest BCUT2D eigenvalue weighted by Gasteiger charge is 2.28. The fourth-order valence-electron chi connectivity index (χ4n) is 3.68. The maximum absolute atomic E-state index is 12.8. The molecule has 2 aromatic carbocycles. The zero-order chi connectivity index (χ0) is 23.4. The third-order valence-electron chi connectivity index (χ3n) is 5.78. The first kappa shape index (κ1) is 23.3. The number of nitrogens with zero attached hydrogens (tertiary/aromatic N) is 1. The number of benzene rings is 2. The van der Waals surface area contributed by atoms with Crippen molar-refractivity contribution in [1.29, 1.82) is 0 Å². The van der Waals surface area contributed by atoms with Crippen molar-refractivity contribution >= 4 is 15.9 Å². The summed E-state index contributed by atoms with van der Waals surface area (Å²) in [7, 11) is -3.56. The van der Waals surface area contributed by atoms with E-state index in [4.69, 9.17) is 14.2 Å². The Kier molecular flexibility index (Phi) is 7.06. The molecule has 0 saturated carbocycles. The minimum Gasteiger partial charge on any atom is -0.491 e. The van der Waals surface area contributed by atoms with Crippen molar-refractivity contribution in [2.75, 3.05) is 33.0 Å². The van der Waals surface area contributed by atoms with Gasteiger partial charge in [-0.05, 0) is 55.2 Å². The predicted octanol–water partition coefficient (Wildman–Crippen LogP) is 2.01. The molecule has 33 heavy (non-hydrogen) atoms. The Morgan fingerprint density at radius 3 is 2.58 bits per heavy atom. The van der Waals surface area contributed by atoms with E-state index >= 15 is 0 Å². The summed E-state index contributed by atoms with van der Waals surface area (Å²) in [6.45, 7) is 3.27. The van der Waals surface area contributed by atoms with E-state index in [1.165, 1.54) is 28.6 Å². The maximum atomic E-state index is 12.8. The van der Waals surface area contributed by atoms with Crippen LogP contribution < -0.4 is 19.5 Å². The number of carbonyl (C=O) groups is 1. The van der Waals surface area contributed by atoms with Gasteiger partial charge in [-0.15, -0.1) is 0 Å². The maximum Gasteiger partial charge on any atom is 0.251 e. The van der Waals surface area contributed by atoms with Crippen LogP contribution in [0.2, 0.25) is 0 Å². The summed E-state index contributed by atoms with van der Waals surface area (Å²) in [5, 5.41) is 12.8. The second kappa shape index (κ2) is 9.98. The standard InChI is InChI=1S/C23H28N2O7S/c1-16-8-10-25(11-9-16)33(28,29)20-5-2-17(3-6-20)23(27)24-13-18(26)14-30-19-4-7-21-22(12-19)32-15-31-21/h2-7,12,16,18,26H,8-11,13-15H2,1H3,(H,24,27). The molecular weight excluding hydrogens is 448 g/mol. The van der Waals surface area contributed by atoms with Crippen LogP contribution in [0.3, 0.4) is 0 Å². The number of hydrogen-bond donors (Lipinski definition) is 2. The van der Waals surface area contributed by atoms with Crippen LogP contribution in [0.1, 0.15) is 30.1 Å². The van der Waals surface area contributed by atoms with E-state index in [9.17, 15) is 18.3 Å². The Morgan fingerprint density at radius 2 is 1.85 bits per heavy atom. The molecule has 0 spiro atoms. The van der Waals surface area contributed by atoms with Crippen molar-refractivity contribution in [3.8, 4) is 17.2 Å². The Morgan fingerprint density at radius 1 is 1.15 bits per heavy atom. The Hall–Kier alpha value is -2.82. The van der Waals surface area contributed by atoms with Crippen molar-refractivity contribution in [1.82, 2.24) is 9.62 Å². The van der Waals surface area contributed by atoms with Crippen LogP contribution >= 0.6 is 0 Å². The molecule has 9 nitrogen and oxygen atoms in total. The zero-order valence-electron chi connectivity index (χ0n) is 18.4. The number of hydrogen-bond acceptors (Lipinski definition) is 7. The number of carbonyl (C=O) groups excluding carboxylic acids is 1. The van der Waals surface area contributed by atoms with Gasteiger partial charge in [0.15, 0.2) is 11.5 Å². The molecule has 1 unspecified atom stereocenters. The average Bonchev–Trinajstić information content (AvgIpc) is 3.29. The topological polar surface area (TPSA) is 114 Å². The van der Waals surface area contributed by atoms with Crippen LogP contribution in [0.15, 0.2) is 47.4 Å². The van der Waals surface area contributed by atoms with Gasteiger partial charge in [-0.1, -0.05) is 6.92 Å². The summed E-state index contributed by atoms with van der Waals surface area (Å²) in [6.07, 6.45) is 0.765. The summed E-state index contributed by atoms with van der Waals surface area (Å²) in [5.41, 5.74) is 0.310. The van der Waals surface area contributed by atoms with Gasteiger partial charge >= 0.3 is 0 Å². The number of fused-ring (bicyclic) bond motifs is 1. The minimum absolute atomic E-state index is 0.0185. The lowest BCUT2D eigenvalue weighted by molar-refractivity contribution is 0.0843. The highest BCUT2D eigenvalue weighted by molar-refractivity contribution is 7.89. The van der Waals surface area contributed by atoms with Crippen molar-refractivity contribution in [3.63, 3.8) is 0 Å². The minimum atomic E-state index is -3.56. The molecular formula is C23H28N2O7S. The Balaban J connectivity index is 1.26. The van der Waals surface area contributed by atoms with Crippen LogP contribution in [-0.2, 0) is 10.0 Å². The number of rotatable bonds is 8. The van der Waals surface area contributed by atoms with Crippen molar-refractivity contribution in [2.45, 2.75) is 30.8 Å². The normalized spacial score (nSPS) is 17.5. The van der Waals surface area contributed by atoms with E-state index in [1.807, 2.05) is 0 Å². The highest BCUT2D eigenvalue weighted by atomic mass is 32.2. The molecule has 0 bridgehead atoms. The lowest BCUT2D eigenvalue weighted by Crippen LogP contribution is -2.38. The molecule has 2 aliphatic heterocycles. The first-order valence-electron chi connectivity index (χ1n) is 10.9. The molecule has 10 heteroatoms. The van der Waals surface area contributed by atoms with Crippen molar-refractivity contribution < 1.29 is 32.5 Å². The fourth-order valence-corrected chi connectivity index (χ4v) is 5.15. The van der Waals surface area contributed by atoms with Gasteiger partial charge in [0.1, 0.15) is 18.5 Å². The first-order valence-corrected chi connectivity index (χ1v) is 12.4. The molecule has 1 atom stereocenters. The SMILES string of the molecule is CC1CCN(S(=O)(=O)c2ccc(C(=O)NCC(O)COc3ccc4c(c3)OCO4)cc2)CC1. The Bertz CT molecular complexity index is 1080. The zero-order valence-corrected chi connectivity index (χ0v) is 19.2. The molecule has 2 aliphatic rings. The molecule has 2 N–H and O–H groups in total. The lowest BCUT2D eigenvalue weighted by atomic mass is 10.0. The quantitative estimate of drug-likeness (QED) is 0.599. The second-order valence-electron chi connectivity index (χ2n) is 8.30. The smallest absolute Gasteiger partial charge is 0.251 e. The van der Waals surface area contributed by atoms with Gasteiger partial charge in [-0.25, -0.2) is 8.42 Å². The van der Waals surface area contributed by atoms with Gasteiger partial charge in [0, 0.05) is 31.3 Å². The van der Waals surface area contributed by atoms with Crippen LogP contribution in [0.5, 0.6) is 17.2 Å². The molecule has 1 saturated heterocycles. The molecule has 0 aromatic heterocycles. The monoisotopic (exact) mass is 476 g/mol. The van der Waals surface area contributed by atoms with E-state index in [-0.39, 0.29) is 24.8 Å². The van der Waals surface area contributed by atoms with Crippen molar-refractivity contribution in [3.05, 3.63) is 48.0 Å². The number of aliphatic hydroxyl groups is 1. The molecule has 178 valence electrons. The number of sulfonamides is 1.